The Kier molecular flexibility index (Phi) is 5.76. The van der Waals surface area contributed by atoms with E-state index in [4.69, 9.17) is 11.6 Å². The van der Waals surface area contributed by atoms with Crippen molar-refractivity contribution >= 4 is 28.9 Å². The van der Waals surface area contributed by atoms with Gasteiger partial charge in [0, 0.05) is 13.1 Å². The maximum Gasteiger partial charge on any atom is 0.310 e. The topological polar surface area (TPSA) is 75.5 Å². The van der Waals surface area contributed by atoms with Crippen LogP contribution >= 0.6 is 11.6 Å². The van der Waals surface area contributed by atoms with Gasteiger partial charge in [-0.1, -0.05) is 17.7 Å². The summed E-state index contributed by atoms with van der Waals surface area (Å²) in [6, 6.07) is 4.02. The van der Waals surface area contributed by atoms with E-state index in [0.717, 1.165) is 0 Å². The Morgan fingerprint density at radius 1 is 1.45 bits per heavy atom. The van der Waals surface area contributed by atoms with Gasteiger partial charge in [-0.15, -0.1) is 0 Å². The molecule has 0 aliphatic heterocycles. The van der Waals surface area contributed by atoms with Crippen LogP contribution in [0.1, 0.15) is 20.8 Å². The Morgan fingerprint density at radius 2 is 2.05 bits per heavy atom. The Morgan fingerprint density at radius 3 is 2.55 bits per heavy atom. The van der Waals surface area contributed by atoms with Crippen molar-refractivity contribution in [3.05, 3.63) is 33.3 Å². The van der Waals surface area contributed by atoms with E-state index >= 15 is 0 Å². The van der Waals surface area contributed by atoms with Gasteiger partial charge in [0.05, 0.1) is 4.92 Å². The quantitative estimate of drug-likeness (QED) is 0.647. The van der Waals surface area contributed by atoms with E-state index in [0.29, 0.717) is 13.1 Å². The maximum absolute atomic E-state index is 12.1. The number of carbonyl (C=O) groups is 1. The van der Waals surface area contributed by atoms with Crippen LogP contribution < -0.4 is 5.32 Å². The first-order valence-corrected chi connectivity index (χ1v) is 6.78. The number of nitrogens with zero attached hydrogens (tertiary/aromatic N) is 2. The van der Waals surface area contributed by atoms with Crippen molar-refractivity contribution in [2.24, 2.45) is 0 Å². The number of benzene rings is 1. The summed E-state index contributed by atoms with van der Waals surface area (Å²) in [7, 11) is 0. The van der Waals surface area contributed by atoms with Gasteiger partial charge in [-0.3, -0.25) is 14.9 Å². The Hall–Kier alpha value is -1.82. The highest BCUT2D eigenvalue weighted by Crippen LogP contribution is 2.32. The first-order valence-electron chi connectivity index (χ1n) is 6.40. The fraction of sp³-hybridized carbons (Fsp3) is 0.462. The Bertz CT molecular complexity index is 504. The standard InChI is InChI=1S/C13H18ClN3O3/c1-4-16(5-2)13(18)9(3)15-11-8-6-7-10(14)12(11)17(19)20/h6-9,15H,4-5H2,1-3H3. The molecule has 0 heterocycles. The van der Waals surface area contributed by atoms with Crippen LogP contribution in [0.15, 0.2) is 18.2 Å². The lowest BCUT2D eigenvalue weighted by molar-refractivity contribution is -0.383. The largest absolute Gasteiger partial charge is 0.368 e. The lowest BCUT2D eigenvalue weighted by atomic mass is 10.2. The van der Waals surface area contributed by atoms with Crippen molar-refractivity contribution < 1.29 is 9.72 Å². The summed E-state index contributed by atoms with van der Waals surface area (Å²) in [4.78, 5) is 24.3. The molecule has 0 radical (unpaired) electrons. The van der Waals surface area contributed by atoms with Gasteiger partial charge in [-0.2, -0.15) is 0 Å². The molecule has 1 N–H and O–H groups in total. The van der Waals surface area contributed by atoms with Crippen LogP contribution in [-0.4, -0.2) is 34.9 Å². The zero-order valence-electron chi connectivity index (χ0n) is 11.7. The molecule has 0 spiro atoms. The zero-order chi connectivity index (χ0) is 15.3. The number of likely N-dealkylation sites (N-methyl/N-ethyl adjacent to an activating group) is 1. The van der Waals surface area contributed by atoms with Crippen LogP contribution in [-0.2, 0) is 4.79 Å². The average molecular weight is 300 g/mol. The molecule has 1 aromatic carbocycles. The lowest BCUT2D eigenvalue weighted by Crippen LogP contribution is -2.41. The van der Waals surface area contributed by atoms with Crippen LogP contribution in [0.2, 0.25) is 5.02 Å². The molecule has 1 amide bonds. The molecule has 0 aliphatic carbocycles. The molecule has 6 nitrogen and oxygen atoms in total. The number of halogens is 1. The molecule has 20 heavy (non-hydrogen) atoms. The summed E-state index contributed by atoms with van der Waals surface area (Å²) in [5.74, 6) is -0.107. The highest BCUT2D eigenvalue weighted by molar-refractivity contribution is 6.33. The van der Waals surface area contributed by atoms with Gasteiger partial charge < -0.3 is 10.2 Å². The van der Waals surface area contributed by atoms with Crippen molar-refractivity contribution in [2.75, 3.05) is 18.4 Å². The minimum Gasteiger partial charge on any atom is -0.368 e. The van der Waals surface area contributed by atoms with Crippen molar-refractivity contribution in [1.82, 2.24) is 4.90 Å². The molecule has 1 rings (SSSR count). The summed E-state index contributed by atoms with van der Waals surface area (Å²) >= 11 is 5.83. The smallest absolute Gasteiger partial charge is 0.310 e. The zero-order valence-corrected chi connectivity index (χ0v) is 12.5. The van der Waals surface area contributed by atoms with E-state index in [2.05, 4.69) is 5.32 Å². The predicted molar refractivity (Wildman–Crippen MR) is 79.1 cm³/mol. The highest BCUT2D eigenvalue weighted by atomic mass is 35.5. The van der Waals surface area contributed by atoms with E-state index in [1.807, 2.05) is 13.8 Å². The van der Waals surface area contributed by atoms with E-state index in [-0.39, 0.29) is 22.3 Å². The molecule has 0 aliphatic rings. The van der Waals surface area contributed by atoms with E-state index in [1.54, 1.807) is 17.9 Å². The molecular weight excluding hydrogens is 282 g/mol. The fourth-order valence-corrected chi connectivity index (χ4v) is 2.17. The molecule has 0 saturated heterocycles. The van der Waals surface area contributed by atoms with Crippen LogP contribution in [0.3, 0.4) is 0 Å². The van der Waals surface area contributed by atoms with Crippen molar-refractivity contribution in [2.45, 2.75) is 26.8 Å². The van der Waals surface area contributed by atoms with Gasteiger partial charge in [0.25, 0.3) is 0 Å². The number of hydrogen-bond acceptors (Lipinski definition) is 4. The first kappa shape index (κ1) is 16.2. The Balaban J connectivity index is 2.96. The van der Waals surface area contributed by atoms with Crippen LogP contribution in [0, 0.1) is 10.1 Å². The molecule has 7 heteroatoms. The van der Waals surface area contributed by atoms with E-state index in [1.165, 1.54) is 12.1 Å². The second-order valence-electron chi connectivity index (χ2n) is 4.27. The van der Waals surface area contributed by atoms with Gasteiger partial charge >= 0.3 is 5.69 Å². The van der Waals surface area contributed by atoms with E-state index < -0.39 is 11.0 Å². The number of nitrogens with one attached hydrogen (secondary N) is 1. The maximum atomic E-state index is 12.1. The molecule has 1 unspecified atom stereocenters. The second kappa shape index (κ2) is 7.09. The normalized spacial score (nSPS) is 11.8. The van der Waals surface area contributed by atoms with Crippen LogP contribution in [0.4, 0.5) is 11.4 Å². The van der Waals surface area contributed by atoms with Gasteiger partial charge in [0.15, 0.2) is 0 Å². The minimum atomic E-state index is -0.563. The van der Waals surface area contributed by atoms with Gasteiger partial charge in [-0.25, -0.2) is 0 Å². The molecule has 0 bridgehead atoms. The summed E-state index contributed by atoms with van der Waals surface area (Å²) in [6.45, 7) is 6.63. The van der Waals surface area contributed by atoms with Gasteiger partial charge in [0.1, 0.15) is 16.8 Å². The molecule has 0 saturated carbocycles. The van der Waals surface area contributed by atoms with Gasteiger partial charge in [-0.05, 0) is 32.9 Å². The van der Waals surface area contributed by atoms with Crippen LogP contribution in [0.5, 0.6) is 0 Å². The summed E-state index contributed by atoms with van der Waals surface area (Å²) in [5, 5.41) is 13.9. The monoisotopic (exact) mass is 299 g/mol. The molecule has 1 atom stereocenters. The SMILES string of the molecule is CCN(CC)C(=O)C(C)Nc1cccc(Cl)c1[N+](=O)[O-]. The summed E-state index contributed by atoms with van der Waals surface area (Å²) in [6.07, 6.45) is 0. The molecule has 1 aromatic rings. The number of carbonyl (C=O) groups excluding carboxylic acids is 1. The average Bonchev–Trinajstić information content (AvgIpc) is 2.39. The number of para-hydroxylation sites is 1. The molecule has 0 aromatic heterocycles. The Labute approximate surface area is 122 Å². The number of nitro groups is 1. The van der Waals surface area contributed by atoms with Crippen LogP contribution in [0.25, 0.3) is 0 Å². The third-order valence-electron chi connectivity index (χ3n) is 2.99. The number of hydrogen-bond donors (Lipinski definition) is 1. The molecule has 0 fully saturated rings. The highest BCUT2D eigenvalue weighted by Gasteiger charge is 2.23. The van der Waals surface area contributed by atoms with Crippen molar-refractivity contribution in [3.8, 4) is 0 Å². The minimum absolute atomic E-state index is 0.0440. The predicted octanol–water partition coefficient (Wildman–Crippen LogP) is 2.92. The number of anilines is 1. The summed E-state index contributed by atoms with van der Waals surface area (Å²) < 4.78 is 0. The van der Waals surface area contributed by atoms with Crippen molar-refractivity contribution in [3.63, 3.8) is 0 Å². The summed E-state index contributed by atoms with van der Waals surface area (Å²) in [5.41, 5.74) is 0.0314. The third-order valence-corrected chi connectivity index (χ3v) is 3.29. The van der Waals surface area contributed by atoms with Gasteiger partial charge in [0.2, 0.25) is 5.91 Å². The van der Waals surface area contributed by atoms with Crippen molar-refractivity contribution in [1.29, 1.82) is 0 Å². The fourth-order valence-electron chi connectivity index (χ4n) is 1.92. The first-order chi connectivity index (χ1) is 9.42. The third kappa shape index (κ3) is 3.60. The molecule has 110 valence electrons. The number of nitro benzene ring substituents is 1. The number of rotatable bonds is 6. The van der Waals surface area contributed by atoms with E-state index in [9.17, 15) is 14.9 Å². The second-order valence-corrected chi connectivity index (χ2v) is 4.68. The lowest BCUT2D eigenvalue weighted by Gasteiger charge is -2.24. The molecular formula is C13H18ClN3O3. The number of amides is 1.